The van der Waals surface area contributed by atoms with Gasteiger partial charge in [-0.15, -0.1) is 0 Å². The number of rotatable bonds is 7. The fraction of sp³-hybridized carbons (Fsp3) is 0.381. The van der Waals surface area contributed by atoms with Gasteiger partial charge in [-0.3, -0.25) is 9.78 Å². The average Bonchev–Trinajstić information content (AvgIpc) is 2.74. The summed E-state index contributed by atoms with van der Waals surface area (Å²) in [5, 5.41) is 3.25. The molecule has 0 bridgehead atoms. The summed E-state index contributed by atoms with van der Waals surface area (Å²) in [4.78, 5) is 24.1. The van der Waals surface area contributed by atoms with Crippen LogP contribution in [0.15, 0.2) is 60.0 Å². The number of amides is 1. The van der Waals surface area contributed by atoms with E-state index in [2.05, 4.69) is 26.8 Å². The third-order valence-electron chi connectivity index (χ3n) is 4.35. The molecule has 1 aromatic heterocycles. The molecular weight excluding hydrogens is 376 g/mol. The molecule has 0 saturated carbocycles. The minimum Gasteiger partial charge on any atom is -0.352 e. The second-order valence-electron chi connectivity index (χ2n) is 6.38. The number of aromatic nitrogens is 1. The van der Waals surface area contributed by atoms with E-state index in [0.717, 1.165) is 18.0 Å². The van der Waals surface area contributed by atoms with E-state index >= 15 is 0 Å². The van der Waals surface area contributed by atoms with Crippen molar-refractivity contribution in [3.8, 4) is 0 Å². The van der Waals surface area contributed by atoms with Crippen molar-refractivity contribution in [1.29, 1.82) is 0 Å². The minimum atomic E-state index is -2.60. The first-order chi connectivity index (χ1) is 14.0. The van der Waals surface area contributed by atoms with Crippen LogP contribution < -0.4 is 5.32 Å². The lowest BCUT2D eigenvalue weighted by Gasteiger charge is -2.36. The van der Waals surface area contributed by atoms with Crippen molar-refractivity contribution in [3.05, 3.63) is 60.7 Å². The number of hydrogen-bond donors (Lipinski definition) is 1. The second-order valence-corrected chi connectivity index (χ2v) is 6.38. The average molecular weight is 403 g/mol. The first-order valence-corrected chi connectivity index (χ1v) is 9.57. The van der Waals surface area contributed by atoms with Crippen LogP contribution in [0.3, 0.4) is 0 Å². The lowest BCUT2D eigenvalue weighted by molar-refractivity contribution is -0.127. The number of nitrogens with zero attached hydrogens (tertiary/aromatic N) is 4. The Labute approximate surface area is 170 Å². The maximum atomic E-state index is 12.7. The number of hydrogen-bond acceptors (Lipinski definition) is 4. The number of carbonyl (C=O) groups excluding carboxylic acids is 1. The highest BCUT2D eigenvalue weighted by molar-refractivity contribution is 6.01. The van der Waals surface area contributed by atoms with Gasteiger partial charge >= 0.3 is 0 Å². The smallest absolute Gasteiger partial charge is 0.280 e. The Kier molecular flexibility index (Phi) is 8.51. The number of pyridine rings is 1. The quantitative estimate of drug-likeness (QED) is 0.425. The van der Waals surface area contributed by atoms with E-state index in [4.69, 9.17) is 0 Å². The Morgan fingerprint density at radius 1 is 1.31 bits per heavy atom. The predicted molar refractivity (Wildman–Crippen MR) is 112 cm³/mol. The van der Waals surface area contributed by atoms with Crippen LogP contribution in [-0.2, 0) is 4.79 Å². The van der Waals surface area contributed by atoms with E-state index in [1.54, 1.807) is 17.2 Å². The SMILES string of the molecule is C=CC(=O)N1CCN(C(=N/C=C\C)/C(=C/CC)Nc2ccc(C(F)F)nc2)CC1. The molecule has 1 aromatic rings. The molecule has 2 rings (SSSR count). The molecule has 0 unspecified atom stereocenters. The lowest BCUT2D eigenvalue weighted by Crippen LogP contribution is -2.51. The van der Waals surface area contributed by atoms with Gasteiger partial charge in [0.1, 0.15) is 5.69 Å². The van der Waals surface area contributed by atoms with Gasteiger partial charge < -0.3 is 15.1 Å². The predicted octanol–water partition coefficient (Wildman–Crippen LogP) is 3.99. The highest BCUT2D eigenvalue weighted by Crippen LogP contribution is 2.19. The molecule has 0 radical (unpaired) electrons. The summed E-state index contributed by atoms with van der Waals surface area (Å²) in [7, 11) is 0. The van der Waals surface area contributed by atoms with Crippen LogP contribution in [0.25, 0.3) is 0 Å². The summed E-state index contributed by atoms with van der Waals surface area (Å²) in [6.07, 6.45) is 6.40. The van der Waals surface area contributed by atoms with Crippen LogP contribution in [0, 0.1) is 0 Å². The van der Waals surface area contributed by atoms with Crippen LogP contribution in [0.5, 0.6) is 0 Å². The number of carbonyl (C=O) groups is 1. The van der Waals surface area contributed by atoms with Crippen molar-refractivity contribution in [2.24, 2.45) is 4.99 Å². The number of anilines is 1. The molecule has 1 fully saturated rings. The monoisotopic (exact) mass is 403 g/mol. The van der Waals surface area contributed by atoms with E-state index in [1.165, 1.54) is 18.3 Å². The fourth-order valence-electron chi connectivity index (χ4n) is 2.90. The van der Waals surface area contributed by atoms with Gasteiger partial charge in [-0.25, -0.2) is 13.8 Å². The highest BCUT2D eigenvalue weighted by Gasteiger charge is 2.23. The zero-order valence-electron chi connectivity index (χ0n) is 16.8. The zero-order valence-corrected chi connectivity index (χ0v) is 16.8. The van der Waals surface area contributed by atoms with Crippen molar-refractivity contribution in [2.45, 2.75) is 26.7 Å². The Morgan fingerprint density at radius 2 is 2.00 bits per heavy atom. The van der Waals surface area contributed by atoms with Crippen LogP contribution in [-0.4, -0.2) is 52.7 Å². The third-order valence-corrected chi connectivity index (χ3v) is 4.35. The van der Waals surface area contributed by atoms with E-state index in [0.29, 0.717) is 31.9 Å². The van der Waals surface area contributed by atoms with Gasteiger partial charge in [-0.2, -0.15) is 0 Å². The van der Waals surface area contributed by atoms with Crippen molar-refractivity contribution in [1.82, 2.24) is 14.8 Å². The number of alkyl halides is 2. The summed E-state index contributed by atoms with van der Waals surface area (Å²) >= 11 is 0. The summed E-state index contributed by atoms with van der Waals surface area (Å²) < 4.78 is 25.5. The molecular formula is C21H27F2N5O. The molecule has 0 atom stereocenters. The number of allylic oxidation sites excluding steroid dienone is 2. The van der Waals surface area contributed by atoms with Gasteiger partial charge in [-0.1, -0.05) is 25.7 Å². The number of piperazine rings is 1. The fourth-order valence-corrected chi connectivity index (χ4v) is 2.90. The summed E-state index contributed by atoms with van der Waals surface area (Å²) in [5.41, 5.74) is 1.10. The molecule has 1 N–H and O–H groups in total. The topological polar surface area (TPSA) is 60.8 Å². The molecule has 1 aliphatic rings. The largest absolute Gasteiger partial charge is 0.352 e. The summed E-state index contributed by atoms with van der Waals surface area (Å²) in [6.45, 7) is 9.82. The molecule has 1 aliphatic heterocycles. The van der Waals surface area contributed by atoms with Gasteiger partial charge in [0.2, 0.25) is 5.91 Å². The Hall–Kier alpha value is -3.03. The summed E-state index contributed by atoms with van der Waals surface area (Å²) in [5.74, 6) is 0.651. The number of nitrogens with one attached hydrogen (secondary N) is 1. The molecule has 6 nitrogen and oxygen atoms in total. The first-order valence-electron chi connectivity index (χ1n) is 9.57. The van der Waals surface area contributed by atoms with Crippen LogP contribution >= 0.6 is 0 Å². The van der Waals surface area contributed by atoms with Gasteiger partial charge in [-0.05, 0) is 31.6 Å². The molecule has 0 spiro atoms. The molecule has 8 heteroatoms. The van der Waals surface area contributed by atoms with E-state index in [-0.39, 0.29) is 11.6 Å². The number of amidine groups is 1. The van der Waals surface area contributed by atoms with E-state index in [9.17, 15) is 13.6 Å². The van der Waals surface area contributed by atoms with Crippen molar-refractivity contribution >= 4 is 17.4 Å². The normalized spacial score (nSPS) is 15.9. The summed E-state index contributed by atoms with van der Waals surface area (Å²) in [6, 6.07) is 2.88. The Balaban J connectivity index is 2.22. The van der Waals surface area contributed by atoms with Crippen molar-refractivity contribution in [2.75, 3.05) is 31.5 Å². The Morgan fingerprint density at radius 3 is 2.52 bits per heavy atom. The van der Waals surface area contributed by atoms with Crippen molar-refractivity contribution < 1.29 is 13.6 Å². The second kappa shape index (κ2) is 11.1. The van der Waals surface area contributed by atoms with Gasteiger partial charge in [0, 0.05) is 32.4 Å². The van der Waals surface area contributed by atoms with Gasteiger partial charge in [0.25, 0.3) is 6.43 Å². The van der Waals surface area contributed by atoms with Crippen LogP contribution in [0.2, 0.25) is 0 Å². The molecule has 1 amide bonds. The van der Waals surface area contributed by atoms with Crippen LogP contribution in [0.1, 0.15) is 32.4 Å². The zero-order chi connectivity index (χ0) is 21.2. The van der Waals surface area contributed by atoms with Crippen molar-refractivity contribution in [3.63, 3.8) is 0 Å². The Bertz CT molecular complexity index is 779. The van der Waals surface area contributed by atoms with Gasteiger partial charge in [0.15, 0.2) is 5.84 Å². The van der Waals surface area contributed by atoms with Crippen LogP contribution in [0.4, 0.5) is 14.5 Å². The third kappa shape index (κ3) is 6.23. The van der Waals surface area contributed by atoms with E-state index < -0.39 is 6.43 Å². The molecule has 0 aliphatic carbocycles. The maximum absolute atomic E-state index is 12.7. The van der Waals surface area contributed by atoms with Gasteiger partial charge in [0.05, 0.1) is 17.6 Å². The molecule has 2 heterocycles. The minimum absolute atomic E-state index is 0.0794. The van der Waals surface area contributed by atoms with E-state index in [1.807, 2.05) is 26.0 Å². The first kappa shape index (κ1) is 22.3. The number of halogens is 2. The molecule has 0 aromatic carbocycles. The standard InChI is InChI=1S/C21H27F2N5O/c1-4-7-18(26-16-8-9-17(20(22)23)25-15-16)21(24-10-5-2)28-13-11-27(12-14-28)19(29)6-3/h5-10,15,20,26H,3-4,11-14H2,1-2H3/b10-5-,18-7-,24-21+. The highest BCUT2D eigenvalue weighted by atomic mass is 19.3. The molecule has 29 heavy (non-hydrogen) atoms. The number of aliphatic imine (C=N–C) groups is 1. The molecule has 156 valence electrons. The lowest BCUT2D eigenvalue weighted by atomic mass is 10.2. The molecule has 1 saturated heterocycles. The maximum Gasteiger partial charge on any atom is 0.280 e.